The van der Waals surface area contributed by atoms with Gasteiger partial charge in [-0.3, -0.25) is 9.59 Å². The van der Waals surface area contributed by atoms with Gasteiger partial charge < -0.3 is 19.8 Å². The van der Waals surface area contributed by atoms with Crippen molar-refractivity contribution in [1.82, 2.24) is 20.5 Å². The minimum atomic E-state index is -0.358. The molecule has 0 radical (unpaired) electrons. The summed E-state index contributed by atoms with van der Waals surface area (Å²) in [4.78, 5) is 27.2. The second kappa shape index (κ2) is 11.6. The summed E-state index contributed by atoms with van der Waals surface area (Å²) in [6, 6.07) is 16.7. The number of carbonyl (C=O) groups excluding carboxylic acids is 1. The molecule has 0 spiro atoms. The van der Waals surface area contributed by atoms with Crippen LogP contribution >= 0.6 is 0 Å². The predicted molar refractivity (Wildman–Crippen MR) is 122 cm³/mol. The number of aromatic amines is 1. The van der Waals surface area contributed by atoms with Crippen molar-refractivity contribution in [1.29, 1.82) is 0 Å². The van der Waals surface area contributed by atoms with Gasteiger partial charge in [-0.05, 0) is 37.6 Å². The third-order valence-electron chi connectivity index (χ3n) is 4.81. The molecule has 8 nitrogen and oxygen atoms in total. The van der Waals surface area contributed by atoms with Gasteiger partial charge in [-0.2, -0.15) is 0 Å². The van der Waals surface area contributed by atoms with Crippen LogP contribution in [0.15, 0.2) is 59.4 Å². The van der Waals surface area contributed by atoms with Crippen LogP contribution in [0.25, 0.3) is 11.4 Å². The van der Waals surface area contributed by atoms with E-state index in [2.05, 4.69) is 27.4 Å². The smallest absolute Gasteiger partial charge is 0.273 e. The molecule has 32 heavy (non-hydrogen) atoms. The van der Waals surface area contributed by atoms with Crippen molar-refractivity contribution in [3.63, 3.8) is 0 Å². The average molecular weight is 437 g/mol. The van der Waals surface area contributed by atoms with Crippen molar-refractivity contribution in [2.45, 2.75) is 39.2 Å². The number of hydrogen-bond donors (Lipinski definition) is 2. The van der Waals surface area contributed by atoms with Crippen LogP contribution < -0.4 is 20.3 Å². The number of aromatic nitrogens is 3. The maximum absolute atomic E-state index is 12.4. The molecule has 8 heteroatoms. The molecule has 2 N–H and O–H groups in total. The summed E-state index contributed by atoms with van der Waals surface area (Å²) in [5.74, 6) is 1.63. The molecule has 0 fully saturated rings. The van der Waals surface area contributed by atoms with Crippen LogP contribution in [0, 0.1) is 0 Å². The Bertz CT molecular complexity index is 1070. The van der Waals surface area contributed by atoms with E-state index >= 15 is 0 Å². The van der Waals surface area contributed by atoms with Gasteiger partial charge in [0.15, 0.2) is 5.82 Å². The van der Waals surface area contributed by atoms with Crippen LogP contribution in [0.3, 0.4) is 0 Å². The zero-order valence-corrected chi connectivity index (χ0v) is 18.3. The van der Waals surface area contributed by atoms with Crippen LogP contribution in [0.2, 0.25) is 0 Å². The largest absolute Gasteiger partial charge is 0.492 e. The quantitative estimate of drug-likeness (QED) is 0.447. The number of H-pyrrole nitrogens is 1. The standard InChI is InChI=1S/C24H28N4O4/c1-3-17(2)32-20-11-7-8-18(16-20)23-26-24(30)21(27-28-23)12-13-22(29)25-14-15-31-19-9-5-4-6-10-19/h4-11,16-17H,3,12-15H2,1-2H3,(H,25,29)(H,26,28,30)/t17-/m1/s1. The van der Waals surface area contributed by atoms with Gasteiger partial charge in [0.25, 0.3) is 5.56 Å². The highest BCUT2D eigenvalue weighted by molar-refractivity contribution is 5.76. The predicted octanol–water partition coefficient (Wildman–Crippen LogP) is 3.14. The number of nitrogens with zero attached hydrogens (tertiary/aromatic N) is 2. The monoisotopic (exact) mass is 436 g/mol. The molecular formula is C24H28N4O4. The number of amides is 1. The van der Waals surface area contributed by atoms with E-state index in [0.29, 0.717) is 30.3 Å². The summed E-state index contributed by atoms with van der Waals surface area (Å²) in [5.41, 5.74) is 0.568. The Morgan fingerprint density at radius 2 is 1.88 bits per heavy atom. The minimum absolute atomic E-state index is 0.0915. The normalized spacial score (nSPS) is 11.6. The Kier molecular flexibility index (Phi) is 8.36. The van der Waals surface area contributed by atoms with Crippen LogP contribution in [0.4, 0.5) is 0 Å². The lowest BCUT2D eigenvalue weighted by Gasteiger charge is -2.13. The van der Waals surface area contributed by atoms with Gasteiger partial charge in [-0.25, -0.2) is 0 Å². The van der Waals surface area contributed by atoms with E-state index in [-0.39, 0.29) is 36.1 Å². The van der Waals surface area contributed by atoms with E-state index in [4.69, 9.17) is 9.47 Å². The van der Waals surface area contributed by atoms with Crippen LogP contribution in [-0.4, -0.2) is 40.3 Å². The van der Waals surface area contributed by atoms with Crippen molar-refractivity contribution in [2.24, 2.45) is 0 Å². The highest BCUT2D eigenvalue weighted by atomic mass is 16.5. The zero-order chi connectivity index (χ0) is 22.8. The molecule has 0 bridgehead atoms. The highest BCUT2D eigenvalue weighted by Gasteiger charge is 2.10. The first-order chi connectivity index (χ1) is 15.5. The first kappa shape index (κ1) is 23.0. The van der Waals surface area contributed by atoms with Crippen molar-refractivity contribution in [3.05, 3.63) is 70.6 Å². The summed E-state index contributed by atoms with van der Waals surface area (Å²) in [7, 11) is 0. The molecule has 1 atom stereocenters. The van der Waals surface area contributed by atoms with Crippen molar-refractivity contribution >= 4 is 5.91 Å². The van der Waals surface area contributed by atoms with E-state index in [1.807, 2.05) is 61.5 Å². The molecule has 1 aromatic heterocycles. The lowest BCUT2D eigenvalue weighted by Crippen LogP contribution is -2.29. The molecule has 0 saturated heterocycles. The molecule has 3 rings (SSSR count). The average Bonchev–Trinajstić information content (AvgIpc) is 2.81. The van der Waals surface area contributed by atoms with Gasteiger partial charge in [0.05, 0.1) is 12.6 Å². The molecule has 0 aliphatic rings. The molecular weight excluding hydrogens is 408 g/mol. The summed E-state index contributed by atoms with van der Waals surface area (Å²) < 4.78 is 11.3. The topological polar surface area (TPSA) is 106 Å². The Balaban J connectivity index is 1.49. The minimum Gasteiger partial charge on any atom is -0.492 e. The van der Waals surface area contributed by atoms with E-state index in [1.165, 1.54) is 0 Å². The fraction of sp³-hybridized carbons (Fsp3) is 0.333. The third-order valence-corrected chi connectivity index (χ3v) is 4.81. The molecule has 0 saturated carbocycles. The number of hydrogen-bond acceptors (Lipinski definition) is 6. The van der Waals surface area contributed by atoms with E-state index in [1.54, 1.807) is 0 Å². The summed E-state index contributed by atoms with van der Waals surface area (Å²) in [5, 5.41) is 10.9. The number of rotatable bonds is 11. The molecule has 0 unspecified atom stereocenters. The Hall–Kier alpha value is -3.68. The third kappa shape index (κ3) is 6.94. The van der Waals surface area contributed by atoms with Crippen LogP contribution in [-0.2, 0) is 11.2 Å². The van der Waals surface area contributed by atoms with E-state index in [9.17, 15) is 9.59 Å². The molecule has 168 valence electrons. The van der Waals surface area contributed by atoms with Crippen LogP contribution in [0.5, 0.6) is 11.5 Å². The number of nitrogens with one attached hydrogen (secondary N) is 2. The first-order valence-corrected chi connectivity index (χ1v) is 10.7. The van der Waals surface area contributed by atoms with Crippen molar-refractivity contribution in [3.8, 4) is 22.9 Å². The number of ether oxygens (including phenoxy) is 2. The fourth-order valence-corrected chi connectivity index (χ4v) is 2.88. The fourth-order valence-electron chi connectivity index (χ4n) is 2.88. The number of benzene rings is 2. The van der Waals surface area contributed by atoms with Gasteiger partial charge in [-0.15, -0.1) is 10.2 Å². The maximum Gasteiger partial charge on any atom is 0.273 e. The van der Waals surface area contributed by atoms with Gasteiger partial charge >= 0.3 is 0 Å². The van der Waals surface area contributed by atoms with Crippen molar-refractivity contribution < 1.29 is 14.3 Å². The van der Waals surface area contributed by atoms with Gasteiger partial charge in [-0.1, -0.05) is 37.3 Å². The second-order valence-corrected chi connectivity index (χ2v) is 7.33. The van der Waals surface area contributed by atoms with E-state index < -0.39 is 0 Å². The highest BCUT2D eigenvalue weighted by Crippen LogP contribution is 2.21. The Morgan fingerprint density at radius 1 is 1.09 bits per heavy atom. The van der Waals surface area contributed by atoms with Crippen molar-refractivity contribution in [2.75, 3.05) is 13.2 Å². The zero-order valence-electron chi connectivity index (χ0n) is 18.3. The lowest BCUT2D eigenvalue weighted by molar-refractivity contribution is -0.121. The lowest BCUT2D eigenvalue weighted by atomic mass is 10.2. The number of para-hydroxylation sites is 1. The number of carbonyl (C=O) groups is 1. The first-order valence-electron chi connectivity index (χ1n) is 10.7. The van der Waals surface area contributed by atoms with Crippen LogP contribution in [0.1, 0.15) is 32.4 Å². The van der Waals surface area contributed by atoms with Gasteiger partial charge in [0.2, 0.25) is 5.91 Å². The Morgan fingerprint density at radius 3 is 2.62 bits per heavy atom. The van der Waals surface area contributed by atoms with E-state index in [0.717, 1.165) is 12.2 Å². The maximum atomic E-state index is 12.4. The number of aryl methyl sites for hydroxylation is 1. The summed E-state index contributed by atoms with van der Waals surface area (Å²) in [6.07, 6.45) is 1.32. The Labute approximate surface area is 187 Å². The van der Waals surface area contributed by atoms with Gasteiger partial charge in [0.1, 0.15) is 23.8 Å². The summed E-state index contributed by atoms with van der Waals surface area (Å²) in [6.45, 7) is 4.79. The second-order valence-electron chi connectivity index (χ2n) is 7.33. The molecule has 1 amide bonds. The molecule has 0 aliphatic carbocycles. The molecule has 1 heterocycles. The molecule has 0 aliphatic heterocycles. The summed E-state index contributed by atoms with van der Waals surface area (Å²) >= 11 is 0. The molecule has 2 aromatic carbocycles. The SMILES string of the molecule is CC[C@@H](C)Oc1cccc(-c2nnc(CCC(=O)NCCOc3ccccc3)c(=O)[nH]2)c1. The van der Waals surface area contributed by atoms with Gasteiger partial charge in [0, 0.05) is 18.4 Å². The molecule has 3 aromatic rings.